The fourth-order valence-corrected chi connectivity index (χ4v) is 1.95. The number of carboxylic acids is 1. The Bertz CT molecular complexity index is 213. The summed E-state index contributed by atoms with van der Waals surface area (Å²) in [4.78, 5) is 11.1. The molecule has 1 heterocycles. The Kier molecular flexibility index (Phi) is 4.50. The second-order valence-corrected chi connectivity index (χ2v) is 4.03. The summed E-state index contributed by atoms with van der Waals surface area (Å²) in [5, 5.41) is 21.8. The Morgan fingerprint density at radius 3 is 2.87 bits per heavy atom. The highest BCUT2D eigenvalue weighted by molar-refractivity contribution is 5.75. The molecule has 1 rings (SSSR count). The molecule has 1 saturated heterocycles. The molecular formula is C10H19NO4. The van der Waals surface area contributed by atoms with Crippen LogP contribution >= 0.6 is 0 Å². The second kappa shape index (κ2) is 5.44. The van der Waals surface area contributed by atoms with Crippen molar-refractivity contribution in [2.45, 2.75) is 25.9 Å². The summed E-state index contributed by atoms with van der Waals surface area (Å²) >= 11 is 0. The molecule has 3 N–H and O–H groups in total. The van der Waals surface area contributed by atoms with Gasteiger partial charge in [-0.1, -0.05) is 0 Å². The second-order valence-electron chi connectivity index (χ2n) is 4.03. The van der Waals surface area contributed by atoms with Crippen molar-refractivity contribution in [2.75, 3.05) is 26.3 Å². The molecule has 15 heavy (non-hydrogen) atoms. The van der Waals surface area contributed by atoms with Crippen LogP contribution in [0.2, 0.25) is 0 Å². The van der Waals surface area contributed by atoms with E-state index >= 15 is 0 Å². The van der Waals surface area contributed by atoms with Gasteiger partial charge in [0.1, 0.15) is 0 Å². The van der Waals surface area contributed by atoms with E-state index in [1.165, 1.54) is 0 Å². The molecule has 0 saturated carbocycles. The van der Waals surface area contributed by atoms with E-state index in [2.05, 4.69) is 5.32 Å². The number of ether oxygens (including phenoxy) is 1. The Morgan fingerprint density at radius 1 is 1.67 bits per heavy atom. The third-order valence-electron chi connectivity index (χ3n) is 2.84. The van der Waals surface area contributed by atoms with Crippen LogP contribution in [0, 0.1) is 5.41 Å². The number of hydrogen-bond donors (Lipinski definition) is 3. The molecule has 5 nitrogen and oxygen atoms in total. The minimum Gasteiger partial charge on any atom is -0.481 e. The zero-order valence-corrected chi connectivity index (χ0v) is 9.03. The van der Waals surface area contributed by atoms with Crippen LogP contribution in [0.1, 0.15) is 19.8 Å². The van der Waals surface area contributed by atoms with Crippen molar-refractivity contribution in [1.29, 1.82) is 0 Å². The summed E-state index contributed by atoms with van der Waals surface area (Å²) < 4.78 is 5.07. The number of rotatable bonds is 6. The van der Waals surface area contributed by atoms with Crippen LogP contribution in [0.5, 0.6) is 0 Å². The van der Waals surface area contributed by atoms with E-state index in [9.17, 15) is 9.90 Å². The molecule has 0 aromatic rings. The third kappa shape index (κ3) is 3.15. The molecule has 0 spiro atoms. The van der Waals surface area contributed by atoms with Gasteiger partial charge in [-0.15, -0.1) is 0 Å². The Hall–Kier alpha value is -0.650. The summed E-state index contributed by atoms with van der Waals surface area (Å²) in [6.07, 6.45) is 0.141. The van der Waals surface area contributed by atoms with Gasteiger partial charge < -0.3 is 20.3 Å². The standard InChI is InChI=1S/C10H19NO4/c1-2-15-6-8(12)5-10(9(13)14)3-4-11-7-10/h8,11-12H,2-7H2,1H3,(H,13,14). The SMILES string of the molecule is CCOCC(O)CC1(C(=O)O)CCNC1. The summed E-state index contributed by atoms with van der Waals surface area (Å²) in [5.41, 5.74) is -0.809. The van der Waals surface area contributed by atoms with E-state index in [1.54, 1.807) is 0 Å². The molecule has 1 aliphatic rings. The molecule has 5 heteroatoms. The Labute approximate surface area is 89.4 Å². The van der Waals surface area contributed by atoms with Gasteiger partial charge in [0, 0.05) is 13.2 Å². The number of aliphatic carboxylic acids is 1. The molecule has 0 radical (unpaired) electrons. The molecule has 0 aromatic carbocycles. The van der Waals surface area contributed by atoms with Gasteiger partial charge in [-0.05, 0) is 26.3 Å². The maximum absolute atomic E-state index is 11.1. The van der Waals surface area contributed by atoms with Crippen molar-refractivity contribution in [3.05, 3.63) is 0 Å². The lowest BCUT2D eigenvalue weighted by atomic mass is 9.81. The first kappa shape index (κ1) is 12.4. The van der Waals surface area contributed by atoms with E-state index in [0.717, 1.165) is 0 Å². The third-order valence-corrected chi connectivity index (χ3v) is 2.84. The number of aliphatic hydroxyl groups excluding tert-OH is 1. The minimum absolute atomic E-state index is 0.214. The summed E-state index contributed by atoms with van der Waals surface area (Å²) in [5.74, 6) is -0.831. The minimum atomic E-state index is -0.831. The molecule has 0 amide bonds. The number of nitrogens with one attached hydrogen (secondary N) is 1. The normalized spacial score (nSPS) is 27.9. The molecule has 2 unspecified atom stereocenters. The van der Waals surface area contributed by atoms with Gasteiger partial charge in [0.25, 0.3) is 0 Å². The maximum Gasteiger partial charge on any atom is 0.311 e. The van der Waals surface area contributed by atoms with Crippen molar-refractivity contribution in [3.8, 4) is 0 Å². The topological polar surface area (TPSA) is 78.8 Å². The van der Waals surface area contributed by atoms with Crippen LogP contribution in [0.4, 0.5) is 0 Å². The zero-order valence-electron chi connectivity index (χ0n) is 9.03. The predicted octanol–water partition coefficient (Wildman–Crippen LogP) is -0.162. The molecule has 1 aliphatic heterocycles. The maximum atomic E-state index is 11.1. The highest BCUT2D eigenvalue weighted by Gasteiger charge is 2.42. The van der Waals surface area contributed by atoms with Crippen LogP contribution in [0.25, 0.3) is 0 Å². The predicted molar refractivity (Wildman–Crippen MR) is 54.7 cm³/mol. The number of hydrogen-bond acceptors (Lipinski definition) is 4. The number of carboxylic acid groups (broad SMARTS) is 1. The van der Waals surface area contributed by atoms with Gasteiger partial charge in [0.05, 0.1) is 18.1 Å². The van der Waals surface area contributed by atoms with Crippen molar-refractivity contribution >= 4 is 5.97 Å². The van der Waals surface area contributed by atoms with Gasteiger partial charge in [-0.3, -0.25) is 4.79 Å². The molecule has 0 aliphatic carbocycles. The van der Waals surface area contributed by atoms with Crippen LogP contribution in [0.3, 0.4) is 0 Å². The zero-order chi connectivity index (χ0) is 11.3. The van der Waals surface area contributed by atoms with E-state index in [1.807, 2.05) is 6.92 Å². The first-order valence-electron chi connectivity index (χ1n) is 5.30. The fraction of sp³-hybridized carbons (Fsp3) is 0.900. The van der Waals surface area contributed by atoms with Gasteiger partial charge in [0.2, 0.25) is 0 Å². The van der Waals surface area contributed by atoms with Gasteiger partial charge in [-0.2, -0.15) is 0 Å². The highest BCUT2D eigenvalue weighted by atomic mass is 16.5. The van der Waals surface area contributed by atoms with E-state index in [0.29, 0.717) is 26.1 Å². The fourth-order valence-electron chi connectivity index (χ4n) is 1.95. The van der Waals surface area contributed by atoms with Crippen LogP contribution in [0.15, 0.2) is 0 Å². The van der Waals surface area contributed by atoms with Gasteiger partial charge in [0.15, 0.2) is 0 Å². The molecule has 1 fully saturated rings. The highest BCUT2D eigenvalue weighted by Crippen LogP contribution is 2.31. The van der Waals surface area contributed by atoms with Crippen LogP contribution in [-0.2, 0) is 9.53 Å². The molecule has 0 bridgehead atoms. The Morgan fingerprint density at radius 2 is 2.40 bits per heavy atom. The molecule has 0 aromatic heterocycles. The van der Waals surface area contributed by atoms with E-state index in [4.69, 9.17) is 9.84 Å². The largest absolute Gasteiger partial charge is 0.481 e. The van der Waals surface area contributed by atoms with Crippen molar-refractivity contribution < 1.29 is 19.7 Å². The lowest BCUT2D eigenvalue weighted by molar-refractivity contribution is -0.150. The van der Waals surface area contributed by atoms with E-state index in [-0.39, 0.29) is 13.0 Å². The number of aliphatic hydroxyl groups is 1. The lowest BCUT2D eigenvalue weighted by Gasteiger charge is -2.25. The first-order chi connectivity index (χ1) is 7.10. The smallest absolute Gasteiger partial charge is 0.311 e. The summed E-state index contributed by atoms with van der Waals surface area (Å²) in [7, 11) is 0. The van der Waals surface area contributed by atoms with Gasteiger partial charge in [-0.25, -0.2) is 0 Å². The lowest BCUT2D eigenvalue weighted by Crippen LogP contribution is -2.38. The molecule has 88 valence electrons. The monoisotopic (exact) mass is 217 g/mol. The quantitative estimate of drug-likeness (QED) is 0.576. The van der Waals surface area contributed by atoms with E-state index < -0.39 is 17.5 Å². The van der Waals surface area contributed by atoms with Crippen molar-refractivity contribution in [2.24, 2.45) is 5.41 Å². The molecular weight excluding hydrogens is 198 g/mol. The van der Waals surface area contributed by atoms with Crippen LogP contribution < -0.4 is 5.32 Å². The van der Waals surface area contributed by atoms with Gasteiger partial charge >= 0.3 is 5.97 Å². The Balaban J connectivity index is 2.48. The molecule has 2 atom stereocenters. The first-order valence-corrected chi connectivity index (χ1v) is 5.30. The average molecular weight is 217 g/mol. The van der Waals surface area contributed by atoms with Crippen molar-refractivity contribution in [1.82, 2.24) is 5.32 Å². The summed E-state index contributed by atoms with van der Waals surface area (Å²) in [6.45, 7) is 3.73. The number of carbonyl (C=O) groups is 1. The van der Waals surface area contributed by atoms with Crippen molar-refractivity contribution in [3.63, 3.8) is 0 Å². The average Bonchev–Trinajstić information content (AvgIpc) is 2.64. The summed E-state index contributed by atoms with van der Waals surface area (Å²) in [6, 6.07) is 0. The van der Waals surface area contributed by atoms with Crippen LogP contribution in [-0.4, -0.2) is 48.6 Å².